The number of aromatic amines is 1. The molecule has 7 heteroatoms. The normalized spacial score (nSPS) is 21.2. The molecule has 2 amide bonds. The Bertz CT molecular complexity index is 826. The first-order chi connectivity index (χ1) is 13.6. The van der Waals surface area contributed by atoms with Gasteiger partial charge in [0, 0.05) is 45.0 Å². The third-order valence-corrected chi connectivity index (χ3v) is 5.69. The lowest BCUT2D eigenvalue weighted by atomic mass is 10.0. The van der Waals surface area contributed by atoms with Crippen molar-refractivity contribution in [3.05, 3.63) is 53.3 Å². The van der Waals surface area contributed by atoms with Crippen molar-refractivity contribution in [2.75, 3.05) is 32.7 Å². The minimum atomic E-state index is -0.0673. The zero-order valence-corrected chi connectivity index (χ0v) is 16.3. The van der Waals surface area contributed by atoms with E-state index in [1.165, 1.54) is 5.56 Å². The molecule has 28 heavy (non-hydrogen) atoms. The Kier molecular flexibility index (Phi) is 5.43. The van der Waals surface area contributed by atoms with Crippen LogP contribution in [0.15, 0.2) is 36.4 Å². The first-order valence-electron chi connectivity index (χ1n) is 10.00. The van der Waals surface area contributed by atoms with Crippen LogP contribution in [0, 0.1) is 6.92 Å². The molecule has 148 valence electrons. The van der Waals surface area contributed by atoms with E-state index in [0.29, 0.717) is 25.3 Å². The van der Waals surface area contributed by atoms with Crippen molar-refractivity contribution in [3.8, 4) is 0 Å². The highest BCUT2D eigenvalue weighted by Crippen LogP contribution is 2.21. The van der Waals surface area contributed by atoms with Gasteiger partial charge in [-0.05, 0) is 31.4 Å². The van der Waals surface area contributed by atoms with Crippen LogP contribution in [0.25, 0.3) is 0 Å². The molecule has 1 atom stereocenters. The molecule has 2 fully saturated rings. The molecule has 2 aliphatic heterocycles. The number of rotatable bonds is 4. The van der Waals surface area contributed by atoms with Gasteiger partial charge in [-0.15, -0.1) is 0 Å². The molecule has 0 bridgehead atoms. The number of amides is 2. The van der Waals surface area contributed by atoms with Gasteiger partial charge in [0.15, 0.2) is 0 Å². The SMILES string of the molecule is Cc1cc(C(=O)N2CCN(C3CCCN(Cc4ccccc4)C3=O)CC2)n[nH]1. The van der Waals surface area contributed by atoms with Crippen molar-refractivity contribution in [3.63, 3.8) is 0 Å². The van der Waals surface area contributed by atoms with Gasteiger partial charge in [-0.2, -0.15) is 5.10 Å². The van der Waals surface area contributed by atoms with Gasteiger partial charge in [0.25, 0.3) is 5.91 Å². The first-order valence-corrected chi connectivity index (χ1v) is 10.00. The molecule has 1 unspecified atom stereocenters. The van der Waals surface area contributed by atoms with Gasteiger partial charge in [-0.3, -0.25) is 19.6 Å². The average Bonchev–Trinajstić information content (AvgIpc) is 3.16. The Morgan fingerprint density at radius 1 is 1.14 bits per heavy atom. The van der Waals surface area contributed by atoms with Gasteiger partial charge < -0.3 is 9.80 Å². The van der Waals surface area contributed by atoms with Crippen LogP contribution in [0.4, 0.5) is 0 Å². The van der Waals surface area contributed by atoms with Crippen molar-refractivity contribution in [2.45, 2.75) is 32.4 Å². The average molecular weight is 381 g/mol. The minimum absolute atomic E-state index is 0.0373. The van der Waals surface area contributed by atoms with E-state index >= 15 is 0 Å². The van der Waals surface area contributed by atoms with Crippen LogP contribution in [0.2, 0.25) is 0 Å². The largest absolute Gasteiger partial charge is 0.337 e. The Morgan fingerprint density at radius 2 is 1.89 bits per heavy atom. The zero-order chi connectivity index (χ0) is 19.5. The van der Waals surface area contributed by atoms with Gasteiger partial charge in [-0.1, -0.05) is 30.3 Å². The van der Waals surface area contributed by atoms with Gasteiger partial charge in [0.05, 0.1) is 6.04 Å². The van der Waals surface area contributed by atoms with Crippen LogP contribution in [0.1, 0.15) is 34.6 Å². The molecule has 2 aliphatic rings. The number of H-pyrrole nitrogens is 1. The molecular formula is C21H27N5O2. The van der Waals surface area contributed by atoms with E-state index in [1.807, 2.05) is 34.9 Å². The molecule has 0 radical (unpaired) electrons. The Labute approximate surface area is 165 Å². The van der Waals surface area contributed by atoms with Crippen LogP contribution in [0.3, 0.4) is 0 Å². The molecular weight excluding hydrogens is 354 g/mol. The standard InChI is InChI=1S/C21H27N5O2/c1-16-14-18(23-22-16)20(27)25-12-10-24(11-13-25)19-8-5-9-26(21(19)28)15-17-6-3-2-4-7-17/h2-4,6-7,14,19H,5,8-13,15H2,1H3,(H,22,23). The summed E-state index contributed by atoms with van der Waals surface area (Å²) >= 11 is 0. The predicted octanol–water partition coefficient (Wildman–Crippen LogP) is 1.67. The lowest BCUT2D eigenvalue weighted by Gasteiger charge is -2.42. The molecule has 1 N–H and O–H groups in total. The van der Waals surface area contributed by atoms with Crippen LogP contribution < -0.4 is 0 Å². The van der Waals surface area contributed by atoms with Crippen molar-refractivity contribution in [1.82, 2.24) is 24.9 Å². The zero-order valence-electron chi connectivity index (χ0n) is 16.3. The topological polar surface area (TPSA) is 72.5 Å². The molecule has 1 aromatic carbocycles. The lowest BCUT2D eigenvalue weighted by Crippen LogP contribution is -2.58. The van der Waals surface area contributed by atoms with Crippen LogP contribution in [-0.4, -0.2) is 75.5 Å². The summed E-state index contributed by atoms with van der Waals surface area (Å²) in [5.41, 5.74) is 2.52. The maximum absolute atomic E-state index is 13.1. The lowest BCUT2D eigenvalue weighted by molar-refractivity contribution is -0.141. The second-order valence-electron chi connectivity index (χ2n) is 7.67. The summed E-state index contributed by atoms with van der Waals surface area (Å²) < 4.78 is 0. The fourth-order valence-electron chi connectivity index (χ4n) is 4.15. The predicted molar refractivity (Wildman–Crippen MR) is 106 cm³/mol. The molecule has 2 aromatic rings. The van der Waals surface area contributed by atoms with E-state index in [2.05, 4.69) is 27.2 Å². The van der Waals surface area contributed by atoms with Crippen molar-refractivity contribution in [1.29, 1.82) is 0 Å². The maximum Gasteiger partial charge on any atom is 0.274 e. The van der Waals surface area contributed by atoms with Crippen molar-refractivity contribution < 1.29 is 9.59 Å². The summed E-state index contributed by atoms with van der Waals surface area (Å²) in [4.78, 5) is 31.7. The number of hydrogen-bond donors (Lipinski definition) is 1. The second kappa shape index (κ2) is 8.14. The number of aromatic nitrogens is 2. The van der Waals surface area contributed by atoms with E-state index in [0.717, 1.165) is 38.2 Å². The Morgan fingerprint density at radius 3 is 2.57 bits per heavy atom. The molecule has 1 aromatic heterocycles. The number of nitrogens with zero attached hydrogens (tertiary/aromatic N) is 4. The van der Waals surface area contributed by atoms with E-state index in [1.54, 1.807) is 6.07 Å². The highest BCUT2D eigenvalue weighted by Gasteiger charge is 2.35. The second-order valence-corrected chi connectivity index (χ2v) is 7.67. The molecule has 0 saturated carbocycles. The number of likely N-dealkylation sites (tertiary alicyclic amines) is 1. The van der Waals surface area contributed by atoms with Gasteiger partial charge >= 0.3 is 0 Å². The number of aryl methyl sites for hydroxylation is 1. The molecule has 2 saturated heterocycles. The van der Waals surface area contributed by atoms with Crippen molar-refractivity contribution >= 4 is 11.8 Å². The van der Waals surface area contributed by atoms with Crippen molar-refractivity contribution in [2.24, 2.45) is 0 Å². The van der Waals surface area contributed by atoms with Gasteiger partial charge in [0.1, 0.15) is 5.69 Å². The number of nitrogens with one attached hydrogen (secondary N) is 1. The molecule has 4 rings (SSSR count). The van der Waals surface area contributed by atoms with E-state index < -0.39 is 0 Å². The summed E-state index contributed by atoms with van der Waals surface area (Å²) in [7, 11) is 0. The molecule has 7 nitrogen and oxygen atoms in total. The Hall–Kier alpha value is -2.67. The minimum Gasteiger partial charge on any atom is -0.337 e. The first kappa shape index (κ1) is 18.7. The van der Waals surface area contributed by atoms with Crippen LogP contribution in [0.5, 0.6) is 0 Å². The number of benzene rings is 1. The summed E-state index contributed by atoms with van der Waals surface area (Å²) in [5.74, 6) is 0.183. The third-order valence-electron chi connectivity index (χ3n) is 5.69. The van der Waals surface area contributed by atoms with E-state index in [9.17, 15) is 9.59 Å². The quantitative estimate of drug-likeness (QED) is 0.874. The monoisotopic (exact) mass is 381 g/mol. The third kappa shape index (κ3) is 3.94. The highest BCUT2D eigenvalue weighted by atomic mass is 16.2. The van der Waals surface area contributed by atoms with Gasteiger partial charge in [-0.25, -0.2) is 0 Å². The maximum atomic E-state index is 13.1. The number of piperazine rings is 1. The number of carbonyl (C=O) groups is 2. The molecule has 0 aliphatic carbocycles. The van der Waals surface area contributed by atoms with Gasteiger partial charge in [0.2, 0.25) is 5.91 Å². The summed E-state index contributed by atoms with van der Waals surface area (Å²) in [5, 5.41) is 6.89. The summed E-state index contributed by atoms with van der Waals surface area (Å²) in [6, 6.07) is 11.9. The summed E-state index contributed by atoms with van der Waals surface area (Å²) in [6.07, 6.45) is 1.92. The van der Waals surface area contributed by atoms with E-state index in [-0.39, 0.29) is 17.9 Å². The van der Waals surface area contributed by atoms with E-state index in [4.69, 9.17) is 0 Å². The Balaban J connectivity index is 1.34. The van der Waals surface area contributed by atoms with Crippen LogP contribution >= 0.6 is 0 Å². The number of hydrogen-bond acceptors (Lipinski definition) is 4. The molecule has 3 heterocycles. The summed E-state index contributed by atoms with van der Waals surface area (Å²) in [6.45, 7) is 6.10. The fraction of sp³-hybridized carbons (Fsp3) is 0.476. The number of piperidine rings is 1. The smallest absolute Gasteiger partial charge is 0.274 e. The highest BCUT2D eigenvalue weighted by molar-refractivity contribution is 5.92. The van der Waals surface area contributed by atoms with Crippen LogP contribution in [-0.2, 0) is 11.3 Å². The fourth-order valence-corrected chi connectivity index (χ4v) is 4.15. The molecule has 0 spiro atoms. The number of carbonyl (C=O) groups excluding carboxylic acids is 2.